The van der Waals surface area contributed by atoms with Crippen LogP contribution in [0, 0.1) is 6.92 Å². The Morgan fingerprint density at radius 3 is 2.81 bits per heavy atom. The number of hydrogen-bond donors (Lipinski definition) is 0. The Hall–Kier alpha value is -1.31. The highest BCUT2D eigenvalue weighted by Crippen LogP contribution is 2.29. The predicted molar refractivity (Wildman–Crippen MR) is 66.7 cm³/mol. The molecular weight excluding hydrogens is 196 g/mol. The Morgan fingerprint density at radius 1 is 1.12 bits per heavy atom. The van der Waals surface area contributed by atoms with Crippen molar-refractivity contribution in [3.63, 3.8) is 0 Å². The van der Waals surface area contributed by atoms with Crippen molar-refractivity contribution in [2.24, 2.45) is 7.05 Å². The summed E-state index contributed by atoms with van der Waals surface area (Å²) in [7, 11) is 2.17. The maximum atomic E-state index is 4.67. The summed E-state index contributed by atoms with van der Waals surface area (Å²) in [6, 6.07) is 4.38. The second kappa shape index (κ2) is 3.62. The third-order valence-electron chi connectivity index (χ3n) is 3.75. The highest BCUT2D eigenvalue weighted by molar-refractivity contribution is 5.82. The summed E-state index contributed by atoms with van der Waals surface area (Å²) in [5, 5.41) is 1.38. The fourth-order valence-corrected chi connectivity index (χ4v) is 2.89. The van der Waals surface area contributed by atoms with Crippen LogP contribution >= 0.6 is 0 Å². The molecule has 2 nitrogen and oxygen atoms in total. The van der Waals surface area contributed by atoms with Crippen LogP contribution in [0.4, 0.5) is 0 Å². The maximum Gasteiger partial charge on any atom is 0.140 e. The Labute approximate surface area is 96.3 Å². The van der Waals surface area contributed by atoms with Crippen LogP contribution in [0.2, 0.25) is 0 Å². The molecule has 3 rings (SSSR count). The smallest absolute Gasteiger partial charge is 0.140 e. The largest absolute Gasteiger partial charge is 0.332 e. The number of aromatic nitrogens is 2. The third-order valence-corrected chi connectivity index (χ3v) is 3.75. The molecule has 0 atom stereocenters. The van der Waals surface area contributed by atoms with Gasteiger partial charge in [0, 0.05) is 23.8 Å². The summed E-state index contributed by atoms with van der Waals surface area (Å²) in [6.07, 6.45) is 6.49. The van der Waals surface area contributed by atoms with E-state index in [0.29, 0.717) is 0 Å². The van der Waals surface area contributed by atoms with Crippen LogP contribution in [0.15, 0.2) is 12.1 Å². The second-order valence-corrected chi connectivity index (χ2v) is 4.87. The number of hydrogen-bond acceptors (Lipinski definition) is 1. The van der Waals surface area contributed by atoms with E-state index in [1.54, 1.807) is 5.56 Å². The van der Waals surface area contributed by atoms with Gasteiger partial charge in [-0.25, -0.2) is 4.98 Å². The zero-order chi connectivity index (χ0) is 11.1. The lowest BCUT2D eigenvalue weighted by Gasteiger charge is -2.02. The minimum atomic E-state index is 1.11. The molecule has 16 heavy (non-hydrogen) atoms. The van der Waals surface area contributed by atoms with Gasteiger partial charge >= 0.3 is 0 Å². The van der Waals surface area contributed by atoms with E-state index in [1.807, 2.05) is 0 Å². The molecule has 0 bridgehead atoms. The summed E-state index contributed by atoms with van der Waals surface area (Å²) in [6.45, 7) is 2.07. The van der Waals surface area contributed by atoms with E-state index < -0.39 is 0 Å². The van der Waals surface area contributed by atoms with Gasteiger partial charge in [0.15, 0.2) is 0 Å². The average molecular weight is 214 g/mol. The monoisotopic (exact) mass is 214 g/mol. The summed E-state index contributed by atoms with van der Waals surface area (Å²) in [5.41, 5.74) is 5.36. The minimum absolute atomic E-state index is 1.11. The molecule has 0 unspecified atom stereocenters. The van der Waals surface area contributed by atoms with Crippen LogP contribution in [0.1, 0.15) is 36.2 Å². The molecule has 0 N–H and O–H groups in total. The first-order valence-corrected chi connectivity index (χ1v) is 6.21. The SMILES string of the molecule is Cc1ccc2c3c(n(C)c2n1)CCCCC3. The van der Waals surface area contributed by atoms with Gasteiger partial charge in [-0.15, -0.1) is 0 Å². The minimum Gasteiger partial charge on any atom is -0.332 e. The molecule has 2 heteroatoms. The molecule has 2 heterocycles. The van der Waals surface area contributed by atoms with Crippen molar-refractivity contribution in [1.82, 2.24) is 9.55 Å². The molecule has 0 amide bonds. The third kappa shape index (κ3) is 1.36. The zero-order valence-corrected chi connectivity index (χ0v) is 10.1. The van der Waals surface area contributed by atoms with E-state index in [9.17, 15) is 0 Å². The normalized spacial score (nSPS) is 16.1. The average Bonchev–Trinajstić information content (AvgIpc) is 2.47. The summed E-state index contributed by atoms with van der Waals surface area (Å²) in [5.74, 6) is 0. The van der Waals surface area contributed by atoms with Crippen molar-refractivity contribution in [2.75, 3.05) is 0 Å². The van der Waals surface area contributed by atoms with E-state index in [-0.39, 0.29) is 0 Å². The second-order valence-electron chi connectivity index (χ2n) is 4.87. The lowest BCUT2D eigenvalue weighted by Crippen LogP contribution is -1.98. The van der Waals surface area contributed by atoms with Crippen LogP contribution in [-0.4, -0.2) is 9.55 Å². The van der Waals surface area contributed by atoms with Crippen molar-refractivity contribution >= 4 is 11.0 Å². The zero-order valence-electron chi connectivity index (χ0n) is 10.1. The van der Waals surface area contributed by atoms with Gasteiger partial charge < -0.3 is 4.57 Å². The van der Waals surface area contributed by atoms with E-state index in [1.165, 1.54) is 48.8 Å². The van der Waals surface area contributed by atoms with Gasteiger partial charge in [0.1, 0.15) is 5.65 Å². The fourth-order valence-electron chi connectivity index (χ4n) is 2.89. The van der Waals surface area contributed by atoms with E-state index in [4.69, 9.17) is 0 Å². The van der Waals surface area contributed by atoms with Gasteiger partial charge in [0.05, 0.1) is 0 Å². The molecule has 2 aromatic rings. The Balaban J connectivity index is 2.31. The molecule has 0 radical (unpaired) electrons. The van der Waals surface area contributed by atoms with Gasteiger partial charge in [-0.3, -0.25) is 0 Å². The molecule has 1 aliphatic carbocycles. The Kier molecular flexibility index (Phi) is 2.23. The predicted octanol–water partition coefficient (Wildman–Crippen LogP) is 3.15. The number of aryl methyl sites for hydroxylation is 3. The number of fused-ring (bicyclic) bond motifs is 3. The Bertz CT molecular complexity index is 537. The lowest BCUT2D eigenvalue weighted by atomic mass is 10.1. The molecule has 1 aliphatic rings. The topological polar surface area (TPSA) is 17.8 Å². The van der Waals surface area contributed by atoms with Gasteiger partial charge in [-0.2, -0.15) is 0 Å². The lowest BCUT2D eigenvalue weighted by molar-refractivity contribution is 0.697. The van der Waals surface area contributed by atoms with E-state index >= 15 is 0 Å². The van der Waals surface area contributed by atoms with Gasteiger partial charge in [-0.1, -0.05) is 6.42 Å². The van der Waals surface area contributed by atoms with E-state index in [2.05, 4.69) is 35.7 Å². The van der Waals surface area contributed by atoms with Gasteiger partial charge in [0.25, 0.3) is 0 Å². The quantitative estimate of drug-likeness (QED) is 0.616. The molecular formula is C14H18N2. The molecule has 2 aromatic heterocycles. The fraction of sp³-hybridized carbons (Fsp3) is 0.500. The molecule has 0 saturated heterocycles. The number of nitrogens with zero attached hydrogens (tertiary/aromatic N) is 2. The standard InChI is InChI=1S/C14H18N2/c1-10-8-9-12-11-6-4-3-5-7-13(11)16(2)14(12)15-10/h8-9H,3-7H2,1-2H3. The van der Waals surface area contributed by atoms with Gasteiger partial charge in [0.2, 0.25) is 0 Å². The van der Waals surface area contributed by atoms with Crippen molar-refractivity contribution in [3.05, 3.63) is 29.1 Å². The van der Waals surface area contributed by atoms with Crippen molar-refractivity contribution < 1.29 is 0 Å². The Morgan fingerprint density at radius 2 is 1.94 bits per heavy atom. The van der Waals surface area contributed by atoms with Crippen molar-refractivity contribution in [3.8, 4) is 0 Å². The molecule has 84 valence electrons. The van der Waals surface area contributed by atoms with Crippen LogP contribution < -0.4 is 0 Å². The van der Waals surface area contributed by atoms with Gasteiger partial charge in [-0.05, 0) is 50.3 Å². The number of pyridine rings is 1. The van der Waals surface area contributed by atoms with Crippen molar-refractivity contribution in [1.29, 1.82) is 0 Å². The van der Waals surface area contributed by atoms with Crippen LogP contribution in [0.5, 0.6) is 0 Å². The molecule has 0 spiro atoms. The molecule has 0 aromatic carbocycles. The first-order valence-electron chi connectivity index (χ1n) is 6.21. The molecule has 0 saturated carbocycles. The first-order chi connectivity index (χ1) is 7.77. The first kappa shape index (κ1) is 9.88. The highest BCUT2D eigenvalue weighted by atomic mass is 15.0. The van der Waals surface area contributed by atoms with Crippen molar-refractivity contribution in [2.45, 2.75) is 39.0 Å². The van der Waals surface area contributed by atoms with E-state index in [0.717, 1.165) is 5.69 Å². The van der Waals surface area contributed by atoms with Crippen LogP contribution in [0.25, 0.3) is 11.0 Å². The molecule has 0 fully saturated rings. The molecule has 0 aliphatic heterocycles. The maximum absolute atomic E-state index is 4.67. The summed E-state index contributed by atoms with van der Waals surface area (Å²) in [4.78, 5) is 4.67. The summed E-state index contributed by atoms with van der Waals surface area (Å²) < 4.78 is 2.31. The van der Waals surface area contributed by atoms with Crippen LogP contribution in [-0.2, 0) is 19.9 Å². The van der Waals surface area contributed by atoms with Crippen LogP contribution in [0.3, 0.4) is 0 Å². The summed E-state index contributed by atoms with van der Waals surface area (Å²) >= 11 is 0. The highest BCUT2D eigenvalue weighted by Gasteiger charge is 2.17. The number of rotatable bonds is 0.